The van der Waals surface area contributed by atoms with Crippen LogP contribution < -0.4 is 0 Å². The van der Waals surface area contributed by atoms with Crippen LogP contribution in [0.25, 0.3) is 0 Å². The number of carbonyl (C=O) groups is 1. The quantitative estimate of drug-likeness (QED) is 0.315. The van der Waals surface area contributed by atoms with Crippen LogP contribution in [-0.2, 0) is 4.79 Å². The number of hydrogen-bond acceptors (Lipinski definition) is 3. The molecule has 0 bridgehead atoms. The summed E-state index contributed by atoms with van der Waals surface area (Å²) >= 11 is 0. The first-order valence-electron chi connectivity index (χ1n) is 10.5. The van der Waals surface area contributed by atoms with Gasteiger partial charge in [0.1, 0.15) is 6.17 Å². The molecular weight excluding hydrogens is 347 g/mol. The van der Waals surface area contributed by atoms with Crippen molar-refractivity contribution in [2.45, 2.75) is 95.9 Å². The highest BCUT2D eigenvalue weighted by molar-refractivity contribution is 5.77. The fourth-order valence-corrected chi connectivity index (χ4v) is 3.77. The Kier molecular flexibility index (Phi) is 10.9. The highest BCUT2D eigenvalue weighted by Gasteiger charge is 2.41. The molecule has 0 heterocycles. The van der Waals surface area contributed by atoms with E-state index in [0.717, 1.165) is 12.8 Å². The summed E-state index contributed by atoms with van der Waals surface area (Å²) in [7, 11) is 0. The number of alkyl halides is 1. The summed E-state index contributed by atoms with van der Waals surface area (Å²) < 4.78 is 14.2. The average Bonchev–Trinajstić information content (AvgIpc) is 3.00. The molecule has 2 unspecified atom stereocenters. The molecule has 0 saturated heterocycles. The molecule has 156 valence electrons. The summed E-state index contributed by atoms with van der Waals surface area (Å²) in [4.78, 5) is 11.1. The van der Waals surface area contributed by atoms with Crippen molar-refractivity contribution in [2.24, 2.45) is 11.8 Å². The van der Waals surface area contributed by atoms with Crippen molar-refractivity contribution in [2.75, 3.05) is 0 Å². The highest BCUT2D eigenvalue weighted by atomic mass is 19.1. The lowest BCUT2D eigenvalue weighted by Crippen LogP contribution is -2.48. The minimum absolute atomic E-state index is 0.0399. The molecule has 0 aromatic heterocycles. The van der Waals surface area contributed by atoms with Gasteiger partial charge in [-0.3, -0.25) is 0 Å². The van der Waals surface area contributed by atoms with Gasteiger partial charge in [0.25, 0.3) is 0 Å². The summed E-state index contributed by atoms with van der Waals surface area (Å²) in [6, 6.07) is 0. The van der Waals surface area contributed by atoms with Crippen molar-refractivity contribution >= 4 is 5.97 Å². The van der Waals surface area contributed by atoms with E-state index in [0.29, 0.717) is 12.8 Å². The van der Waals surface area contributed by atoms with Crippen LogP contribution >= 0.6 is 0 Å². The number of halogens is 1. The molecule has 0 spiro atoms. The molecule has 0 aromatic carbocycles. The lowest BCUT2D eigenvalue weighted by Gasteiger charge is -2.26. The van der Waals surface area contributed by atoms with E-state index in [2.05, 4.69) is 19.1 Å². The molecule has 0 amide bonds. The number of hydrogen-bond donors (Lipinski definition) is 3. The Labute approximate surface area is 163 Å². The Bertz CT molecular complexity index is 491. The Balaban J connectivity index is 2.47. The lowest BCUT2D eigenvalue weighted by atomic mass is 9.89. The van der Waals surface area contributed by atoms with Crippen LogP contribution in [0.15, 0.2) is 24.3 Å². The second-order valence-corrected chi connectivity index (χ2v) is 7.74. The number of aliphatic hydroxyl groups is 2. The van der Waals surface area contributed by atoms with Gasteiger partial charge in [-0.25, -0.2) is 9.18 Å². The first kappa shape index (κ1) is 23.8. The summed E-state index contributed by atoms with van der Waals surface area (Å²) in [5.74, 6) is -1.24. The number of rotatable bonds is 13. The molecule has 1 aliphatic rings. The van der Waals surface area contributed by atoms with Crippen LogP contribution in [0, 0.1) is 11.8 Å². The van der Waals surface area contributed by atoms with Gasteiger partial charge in [0.2, 0.25) is 0 Å². The third-order valence-corrected chi connectivity index (χ3v) is 5.79. The van der Waals surface area contributed by atoms with Gasteiger partial charge in [-0.1, -0.05) is 57.4 Å². The van der Waals surface area contributed by atoms with E-state index in [-0.39, 0.29) is 24.7 Å². The molecule has 0 radical (unpaired) electrons. The lowest BCUT2D eigenvalue weighted by molar-refractivity contribution is -0.171. The molecule has 5 atom stereocenters. The number of aliphatic hydroxyl groups excluding tert-OH is 1. The normalized spacial score (nSPS) is 26.6. The molecule has 0 aromatic rings. The molecule has 1 saturated carbocycles. The fraction of sp³-hybridized carbons (Fsp3) is 0.773. The zero-order valence-corrected chi connectivity index (χ0v) is 16.8. The molecule has 3 N–H and O–H groups in total. The van der Waals surface area contributed by atoms with E-state index < -0.39 is 23.8 Å². The van der Waals surface area contributed by atoms with Crippen LogP contribution in [0.4, 0.5) is 4.39 Å². The van der Waals surface area contributed by atoms with Crippen LogP contribution in [0.3, 0.4) is 0 Å². The SMILES string of the molecule is CCCCCC/C=C/[C@H]1CC[C@H](F)[C@@H]1C/C=C\CC(O)C(O)(CC)C(=O)O. The van der Waals surface area contributed by atoms with Gasteiger partial charge in [-0.05, 0) is 56.8 Å². The highest BCUT2D eigenvalue weighted by Crippen LogP contribution is 2.38. The molecule has 1 aliphatic carbocycles. The van der Waals surface area contributed by atoms with E-state index in [4.69, 9.17) is 5.11 Å². The third kappa shape index (κ3) is 7.38. The van der Waals surface area contributed by atoms with E-state index in [1.165, 1.54) is 32.6 Å². The second-order valence-electron chi connectivity index (χ2n) is 7.74. The monoisotopic (exact) mass is 384 g/mol. The van der Waals surface area contributed by atoms with Crippen LogP contribution in [0.1, 0.15) is 78.1 Å². The first-order valence-corrected chi connectivity index (χ1v) is 10.5. The summed E-state index contributed by atoms with van der Waals surface area (Å²) in [6.45, 7) is 3.71. The predicted octanol–water partition coefficient (Wildman–Crippen LogP) is 4.80. The number of carboxylic acids is 1. The maximum atomic E-state index is 14.2. The van der Waals surface area contributed by atoms with Gasteiger partial charge < -0.3 is 15.3 Å². The Morgan fingerprint density at radius 3 is 2.56 bits per heavy atom. The maximum absolute atomic E-state index is 14.2. The first-order chi connectivity index (χ1) is 12.9. The smallest absolute Gasteiger partial charge is 0.338 e. The van der Waals surface area contributed by atoms with E-state index >= 15 is 0 Å². The zero-order chi connectivity index (χ0) is 20.3. The summed E-state index contributed by atoms with van der Waals surface area (Å²) in [5, 5.41) is 29.0. The second kappa shape index (κ2) is 12.3. The van der Waals surface area contributed by atoms with Gasteiger partial charge >= 0.3 is 5.97 Å². The number of allylic oxidation sites excluding steroid dienone is 3. The average molecular weight is 385 g/mol. The van der Waals surface area contributed by atoms with Gasteiger partial charge in [-0.2, -0.15) is 0 Å². The Morgan fingerprint density at radius 1 is 1.19 bits per heavy atom. The van der Waals surface area contributed by atoms with Crippen molar-refractivity contribution < 1.29 is 24.5 Å². The number of unbranched alkanes of at least 4 members (excludes halogenated alkanes) is 4. The van der Waals surface area contributed by atoms with Gasteiger partial charge in [0, 0.05) is 0 Å². The minimum atomic E-state index is -2.14. The Hall–Kier alpha value is -1.20. The van der Waals surface area contributed by atoms with Crippen LogP contribution in [-0.4, -0.2) is 39.2 Å². The number of aliphatic carboxylic acids is 1. The third-order valence-electron chi connectivity index (χ3n) is 5.79. The van der Waals surface area contributed by atoms with Gasteiger partial charge in [0.15, 0.2) is 5.60 Å². The topological polar surface area (TPSA) is 77.8 Å². The summed E-state index contributed by atoms with van der Waals surface area (Å²) in [6.07, 6.45) is 13.6. The molecule has 27 heavy (non-hydrogen) atoms. The van der Waals surface area contributed by atoms with Crippen LogP contribution in [0.2, 0.25) is 0 Å². The molecule has 5 heteroatoms. The fourth-order valence-electron chi connectivity index (χ4n) is 3.77. The molecule has 4 nitrogen and oxygen atoms in total. The minimum Gasteiger partial charge on any atom is -0.479 e. The molecule has 0 aliphatic heterocycles. The van der Waals surface area contributed by atoms with Crippen molar-refractivity contribution in [3.05, 3.63) is 24.3 Å². The predicted molar refractivity (Wildman–Crippen MR) is 106 cm³/mol. The van der Waals surface area contributed by atoms with Crippen molar-refractivity contribution in [1.29, 1.82) is 0 Å². The van der Waals surface area contributed by atoms with Crippen molar-refractivity contribution in [3.63, 3.8) is 0 Å². The van der Waals surface area contributed by atoms with E-state index in [1.54, 1.807) is 6.08 Å². The summed E-state index contributed by atoms with van der Waals surface area (Å²) in [5.41, 5.74) is -2.14. The number of carboxylic acid groups (broad SMARTS) is 1. The Morgan fingerprint density at radius 2 is 1.93 bits per heavy atom. The zero-order valence-electron chi connectivity index (χ0n) is 16.8. The van der Waals surface area contributed by atoms with Crippen molar-refractivity contribution in [1.82, 2.24) is 0 Å². The molecular formula is C22H37FO4. The van der Waals surface area contributed by atoms with Crippen LogP contribution in [0.5, 0.6) is 0 Å². The molecule has 1 rings (SSSR count). The van der Waals surface area contributed by atoms with Gasteiger partial charge in [0.05, 0.1) is 6.10 Å². The largest absolute Gasteiger partial charge is 0.479 e. The maximum Gasteiger partial charge on any atom is 0.338 e. The van der Waals surface area contributed by atoms with E-state index in [9.17, 15) is 19.4 Å². The molecule has 1 fully saturated rings. The van der Waals surface area contributed by atoms with E-state index in [1.807, 2.05) is 6.08 Å². The standard InChI is InChI=1S/C22H37FO4/c1-3-5-6-7-8-9-12-17-15-16-19(23)18(17)13-10-11-14-20(24)22(27,4-2)21(25)26/h9-12,17-20,24,27H,3-8,13-16H2,1-2H3,(H,25,26)/b11-10-,12-9+/t17-,18+,19-,20?,22?/m0/s1. The van der Waals surface area contributed by atoms with Crippen molar-refractivity contribution in [3.8, 4) is 0 Å². The van der Waals surface area contributed by atoms with Gasteiger partial charge in [-0.15, -0.1) is 0 Å².